The third kappa shape index (κ3) is 1.65. The van der Waals surface area contributed by atoms with Gasteiger partial charge in [-0.3, -0.25) is 14.5 Å². The molecule has 0 aromatic heterocycles. The number of amides is 2. The van der Waals surface area contributed by atoms with Gasteiger partial charge in [-0.05, 0) is 26.2 Å². The number of hydrogen-bond donors (Lipinski definition) is 1. The Morgan fingerprint density at radius 3 is 2.56 bits per heavy atom. The van der Waals surface area contributed by atoms with Crippen molar-refractivity contribution >= 4 is 11.8 Å². The minimum absolute atomic E-state index is 0.0101. The van der Waals surface area contributed by atoms with Crippen LogP contribution in [0.25, 0.3) is 0 Å². The van der Waals surface area contributed by atoms with E-state index in [1.165, 1.54) is 4.90 Å². The first kappa shape index (κ1) is 11.6. The lowest BCUT2D eigenvalue weighted by atomic mass is 9.84. The van der Waals surface area contributed by atoms with Crippen LogP contribution >= 0.6 is 0 Å². The van der Waals surface area contributed by atoms with Crippen LogP contribution < -0.4 is 0 Å². The van der Waals surface area contributed by atoms with E-state index < -0.39 is 0 Å². The van der Waals surface area contributed by atoms with Gasteiger partial charge >= 0.3 is 0 Å². The molecule has 0 aromatic rings. The van der Waals surface area contributed by atoms with Crippen molar-refractivity contribution in [2.75, 3.05) is 6.61 Å². The molecule has 1 aliphatic heterocycles. The lowest BCUT2D eigenvalue weighted by molar-refractivity contribution is -0.143. The van der Waals surface area contributed by atoms with Crippen LogP contribution in [-0.2, 0) is 9.59 Å². The van der Waals surface area contributed by atoms with Crippen molar-refractivity contribution < 1.29 is 14.7 Å². The Morgan fingerprint density at radius 1 is 1.38 bits per heavy atom. The van der Waals surface area contributed by atoms with Gasteiger partial charge in [0.05, 0.1) is 5.41 Å². The summed E-state index contributed by atoms with van der Waals surface area (Å²) in [4.78, 5) is 25.6. The Bertz CT molecular complexity index is 307. The van der Waals surface area contributed by atoms with Gasteiger partial charge in [-0.2, -0.15) is 0 Å². The lowest BCUT2D eigenvalue weighted by Crippen LogP contribution is -2.41. The van der Waals surface area contributed by atoms with E-state index in [4.69, 9.17) is 5.11 Å². The topological polar surface area (TPSA) is 57.6 Å². The largest absolute Gasteiger partial charge is 0.396 e. The summed E-state index contributed by atoms with van der Waals surface area (Å²) in [6.45, 7) is 1.85. The zero-order chi connectivity index (χ0) is 11.8. The van der Waals surface area contributed by atoms with Crippen LogP contribution in [0.4, 0.5) is 0 Å². The number of nitrogens with zero attached hydrogens (tertiary/aromatic N) is 1. The van der Waals surface area contributed by atoms with Gasteiger partial charge in [0.25, 0.3) is 0 Å². The summed E-state index contributed by atoms with van der Waals surface area (Å²) in [5.41, 5.74) is -0.374. The molecule has 1 saturated heterocycles. The quantitative estimate of drug-likeness (QED) is 0.731. The highest BCUT2D eigenvalue weighted by Crippen LogP contribution is 2.47. The van der Waals surface area contributed by atoms with Crippen LogP contribution in [0.5, 0.6) is 0 Å². The fourth-order valence-corrected chi connectivity index (χ4v) is 3.02. The summed E-state index contributed by atoms with van der Waals surface area (Å²) in [5.74, 6) is -0.0381. The van der Waals surface area contributed by atoms with E-state index in [0.717, 1.165) is 25.7 Å². The Morgan fingerprint density at radius 2 is 2.00 bits per heavy atom. The molecule has 1 atom stereocenters. The van der Waals surface area contributed by atoms with Crippen LogP contribution in [0.1, 0.15) is 45.4 Å². The van der Waals surface area contributed by atoms with Gasteiger partial charge in [-0.15, -0.1) is 0 Å². The molecule has 4 nitrogen and oxygen atoms in total. The number of likely N-dealkylation sites (tertiary alicyclic amines) is 1. The Hall–Kier alpha value is -0.900. The van der Waals surface area contributed by atoms with Gasteiger partial charge in [0.2, 0.25) is 11.8 Å². The predicted molar refractivity (Wildman–Crippen MR) is 58.5 cm³/mol. The minimum Gasteiger partial charge on any atom is -0.396 e. The van der Waals surface area contributed by atoms with Gasteiger partial charge in [0.15, 0.2) is 0 Å². The van der Waals surface area contributed by atoms with Gasteiger partial charge in [-0.25, -0.2) is 0 Å². The lowest BCUT2D eigenvalue weighted by Gasteiger charge is -2.25. The van der Waals surface area contributed by atoms with Crippen molar-refractivity contribution in [3.8, 4) is 0 Å². The Labute approximate surface area is 95.6 Å². The molecule has 1 heterocycles. The van der Waals surface area contributed by atoms with Crippen molar-refractivity contribution in [1.29, 1.82) is 0 Å². The summed E-state index contributed by atoms with van der Waals surface area (Å²) in [6.07, 6.45) is 4.71. The highest BCUT2D eigenvalue weighted by atomic mass is 16.3. The first-order valence-corrected chi connectivity index (χ1v) is 6.08. The summed E-state index contributed by atoms with van der Waals surface area (Å²) in [5, 5.41) is 8.88. The third-order valence-corrected chi connectivity index (χ3v) is 3.98. The number of rotatable bonds is 3. The molecule has 4 heteroatoms. The second-order valence-electron chi connectivity index (χ2n) is 5.09. The number of aliphatic hydroxyl groups excluding tert-OH is 1. The summed E-state index contributed by atoms with van der Waals surface area (Å²) in [7, 11) is 0. The molecular weight excluding hydrogens is 206 g/mol. The number of carbonyl (C=O) groups excluding carboxylic acids is 2. The SMILES string of the molecule is CC(CCO)N1C(=O)CC2(CCCC2)C1=O. The van der Waals surface area contributed by atoms with E-state index in [2.05, 4.69) is 0 Å². The number of aliphatic hydroxyl groups is 1. The Kier molecular flexibility index (Phi) is 3.02. The molecule has 2 amide bonds. The zero-order valence-corrected chi connectivity index (χ0v) is 9.74. The number of imide groups is 1. The van der Waals surface area contributed by atoms with Crippen LogP contribution in [-0.4, -0.2) is 34.5 Å². The fraction of sp³-hybridized carbons (Fsp3) is 0.833. The van der Waals surface area contributed by atoms with Crippen molar-refractivity contribution in [2.24, 2.45) is 5.41 Å². The van der Waals surface area contributed by atoms with Crippen molar-refractivity contribution in [3.05, 3.63) is 0 Å². The first-order chi connectivity index (χ1) is 7.60. The van der Waals surface area contributed by atoms with E-state index in [0.29, 0.717) is 12.8 Å². The minimum atomic E-state index is -0.374. The van der Waals surface area contributed by atoms with E-state index in [9.17, 15) is 9.59 Å². The first-order valence-electron chi connectivity index (χ1n) is 6.08. The molecule has 90 valence electrons. The van der Waals surface area contributed by atoms with Crippen LogP contribution in [0, 0.1) is 5.41 Å². The maximum Gasteiger partial charge on any atom is 0.236 e. The molecule has 1 spiro atoms. The summed E-state index contributed by atoms with van der Waals surface area (Å²) in [6, 6.07) is -0.162. The number of carbonyl (C=O) groups is 2. The molecule has 2 fully saturated rings. The van der Waals surface area contributed by atoms with Crippen molar-refractivity contribution in [3.63, 3.8) is 0 Å². The fourth-order valence-electron chi connectivity index (χ4n) is 3.02. The van der Waals surface area contributed by atoms with E-state index in [-0.39, 0.29) is 29.9 Å². The smallest absolute Gasteiger partial charge is 0.236 e. The molecular formula is C12H19NO3. The van der Waals surface area contributed by atoms with Crippen LogP contribution in [0.2, 0.25) is 0 Å². The second kappa shape index (κ2) is 4.17. The molecule has 16 heavy (non-hydrogen) atoms. The zero-order valence-electron chi connectivity index (χ0n) is 9.74. The van der Waals surface area contributed by atoms with E-state index >= 15 is 0 Å². The summed E-state index contributed by atoms with van der Waals surface area (Å²) < 4.78 is 0. The summed E-state index contributed by atoms with van der Waals surface area (Å²) >= 11 is 0. The highest BCUT2D eigenvalue weighted by molar-refractivity contribution is 6.06. The van der Waals surface area contributed by atoms with Crippen molar-refractivity contribution in [2.45, 2.75) is 51.5 Å². The molecule has 0 aromatic carbocycles. The molecule has 1 saturated carbocycles. The van der Waals surface area contributed by atoms with Crippen LogP contribution in [0.3, 0.4) is 0 Å². The highest BCUT2D eigenvalue weighted by Gasteiger charge is 2.53. The molecule has 2 aliphatic rings. The Balaban J connectivity index is 2.16. The second-order valence-corrected chi connectivity index (χ2v) is 5.09. The monoisotopic (exact) mass is 225 g/mol. The molecule has 1 N–H and O–H groups in total. The molecule has 1 unspecified atom stereocenters. The average molecular weight is 225 g/mol. The van der Waals surface area contributed by atoms with Crippen LogP contribution in [0.15, 0.2) is 0 Å². The van der Waals surface area contributed by atoms with E-state index in [1.807, 2.05) is 6.92 Å². The van der Waals surface area contributed by atoms with Gasteiger partial charge < -0.3 is 5.11 Å². The third-order valence-electron chi connectivity index (χ3n) is 3.98. The van der Waals surface area contributed by atoms with Gasteiger partial charge in [0.1, 0.15) is 0 Å². The predicted octanol–water partition coefficient (Wildman–Crippen LogP) is 1.08. The van der Waals surface area contributed by atoms with Crippen molar-refractivity contribution in [1.82, 2.24) is 4.90 Å². The normalized spacial score (nSPS) is 25.8. The molecule has 2 rings (SSSR count). The van der Waals surface area contributed by atoms with E-state index in [1.54, 1.807) is 0 Å². The maximum atomic E-state index is 12.3. The number of hydrogen-bond acceptors (Lipinski definition) is 3. The average Bonchev–Trinajstić information content (AvgIpc) is 2.76. The van der Waals surface area contributed by atoms with Gasteiger partial charge in [-0.1, -0.05) is 12.8 Å². The van der Waals surface area contributed by atoms with Gasteiger partial charge in [0, 0.05) is 19.1 Å². The molecule has 1 aliphatic carbocycles. The maximum absolute atomic E-state index is 12.3. The standard InChI is InChI=1S/C12H19NO3/c1-9(4-7-14)13-10(15)8-12(11(13)16)5-2-3-6-12/h9,14H,2-8H2,1H3. The molecule has 0 radical (unpaired) electrons. The molecule has 0 bridgehead atoms.